The monoisotopic (exact) mass is 191 g/mol. The van der Waals surface area contributed by atoms with Crippen molar-refractivity contribution in [2.45, 2.75) is 25.8 Å². The van der Waals surface area contributed by atoms with Crippen LogP contribution < -0.4 is 5.73 Å². The van der Waals surface area contributed by atoms with E-state index in [1.807, 2.05) is 26.0 Å². The Bertz CT molecular complexity index is 403. The molecular weight excluding hydrogens is 178 g/mol. The molecule has 2 N–H and O–H groups in total. The number of oxazole rings is 1. The summed E-state index contributed by atoms with van der Waals surface area (Å²) >= 11 is 0. The lowest BCUT2D eigenvalue weighted by Crippen LogP contribution is -2.22. The van der Waals surface area contributed by atoms with Gasteiger partial charge in [0.2, 0.25) is 5.89 Å². The maximum absolute atomic E-state index is 5.77. The van der Waals surface area contributed by atoms with Crippen molar-refractivity contribution in [3.05, 3.63) is 24.2 Å². The van der Waals surface area contributed by atoms with Gasteiger partial charge >= 0.3 is 0 Å². The second-order valence-corrected chi connectivity index (χ2v) is 3.53. The van der Waals surface area contributed by atoms with Crippen molar-refractivity contribution in [3.8, 4) is 0 Å². The van der Waals surface area contributed by atoms with Gasteiger partial charge in [-0.05, 0) is 19.1 Å². The van der Waals surface area contributed by atoms with Crippen LogP contribution in [0.5, 0.6) is 0 Å². The molecule has 0 saturated heterocycles. The van der Waals surface area contributed by atoms with Crippen LogP contribution in [0.1, 0.15) is 25.7 Å². The Balaban J connectivity index is 2.45. The first-order chi connectivity index (χ1) is 6.68. The van der Waals surface area contributed by atoms with Crippen LogP contribution in [-0.2, 0) is 0 Å². The van der Waals surface area contributed by atoms with Crippen LogP contribution in [0.2, 0.25) is 0 Å². The highest BCUT2D eigenvalue weighted by atomic mass is 16.3. The topological polar surface area (TPSA) is 64.9 Å². The van der Waals surface area contributed by atoms with E-state index in [2.05, 4.69) is 9.97 Å². The summed E-state index contributed by atoms with van der Waals surface area (Å²) < 4.78 is 5.54. The number of rotatable bonds is 2. The summed E-state index contributed by atoms with van der Waals surface area (Å²) in [5.74, 6) is 0.776. The van der Waals surface area contributed by atoms with Gasteiger partial charge in [0.15, 0.2) is 11.2 Å². The molecule has 0 aromatic carbocycles. The van der Waals surface area contributed by atoms with Gasteiger partial charge in [0.25, 0.3) is 0 Å². The maximum Gasteiger partial charge on any atom is 0.201 e. The van der Waals surface area contributed by atoms with E-state index < -0.39 is 0 Å². The number of nitrogens with two attached hydrogens (primary N) is 1. The molecule has 2 aromatic rings. The Hall–Kier alpha value is -1.42. The second-order valence-electron chi connectivity index (χ2n) is 3.53. The van der Waals surface area contributed by atoms with Gasteiger partial charge in [0.1, 0.15) is 0 Å². The predicted octanol–water partition coefficient (Wildman–Crippen LogP) is 1.67. The summed E-state index contributed by atoms with van der Waals surface area (Å²) in [4.78, 5) is 8.37. The number of fused-ring (bicyclic) bond motifs is 1. The van der Waals surface area contributed by atoms with Crippen LogP contribution in [0.3, 0.4) is 0 Å². The van der Waals surface area contributed by atoms with Crippen LogP contribution in [0.15, 0.2) is 22.7 Å². The zero-order valence-corrected chi connectivity index (χ0v) is 8.27. The smallest absolute Gasteiger partial charge is 0.201 e. The third kappa shape index (κ3) is 1.48. The van der Waals surface area contributed by atoms with Gasteiger partial charge in [-0.15, -0.1) is 0 Å². The first-order valence-corrected chi connectivity index (χ1v) is 4.65. The largest absolute Gasteiger partial charge is 0.439 e. The molecule has 0 radical (unpaired) electrons. The standard InChI is InChI=1S/C10H13N3O/c1-6(7(2)11)10-13-9-8(14-10)4-3-5-12-9/h3-7H,11H2,1-2H3. The highest BCUT2D eigenvalue weighted by Crippen LogP contribution is 2.21. The zero-order valence-electron chi connectivity index (χ0n) is 8.27. The molecule has 0 amide bonds. The van der Waals surface area contributed by atoms with Gasteiger partial charge in [0, 0.05) is 18.2 Å². The lowest BCUT2D eigenvalue weighted by atomic mass is 10.1. The van der Waals surface area contributed by atoms with Gasteiger partial charge in [-0.25, -0.2) is 4.98 Å². The van der Waals surface area contributed by atoms with Crippen LogP contribution >= 0.6 is 0 Å². The SMILES string of the molecule is CC(N)C(C)c1nc2ncccc2o1. The van der Waals surface area contributed by atoms with Gasteiger partial charge in [0.05, 0.1) is 0 Å². The predicted molar refractivity (Wildman–Crippen MR) is 53.9 cm³/mol. The molecule has 4 heteroatoms. The van der Waals surface area contributed by atoms with Crippen LogP contribution in [0.25, 0.3) is 11.2 Å². The van der Waals surface area contributed by atoms with Crippen molar-refractivity contribution < 1.29 is 4.42 Å². The fraction of sp³-hybridized carbons (Fsp3) is 0.400. The zero-order chi connectivity index (χ0) is 10.1. The first kappa shape index (κ1) is 9.15. The Morgan fingerprint density at radius 3 is 2.86 bits per heavy atom. The van der Waals surface area contributed by atoms with E-state index >= 15 is 0 Å². The summed E-state index contributed by atoms with van der Waals surface area (Å²) in [6, 6.07) is 3.71. The summed E-state index contributed by atoms with van der Waals surface area (Å²) in [7, 11) is 0. The fourth-order valence-electron chi connectivity index (χ4n) is 1.21. The van der Waals surface area contributed by atoms with E-state index in [0.29, 0.717) is 11.5 Å². The molecule has 0 fully saturated rings. The third-order valence-electron chi connectivity index (χ3n) is 2.36. The molecule has 74 valence electrons. The third-order valence-corrected chi connectivity index (χ3v) is 2.36. The molecule has 2 aromatic heterocycles. The van der Waals surface area contributed by atoms with E-state index in [1.54, 1.807) is 6.20 Å². The summed E-state index contributed by atoms with van der Waals surface area (Å²) in [5.41, 5.74) is 7.14. The lowest BCUT2D eigenvalue weighted by molar-refractivity contribution is 0.451. The minimum atomic E-state index is 0.0306. The van der Waals surface area contributed by atoms with Crippen LogP contribution in [-0.4, -0.2) is 16.0 Å². The second kappa shape index (κ2) is 3.38. The molecule has 0 spiro atoms. The van der Waals surface area contributed by atoms with Crippen molar-refractivity contribution >= 4 is 11.2 Å². The van der Waals surface area contributed by atoms with Gasteiger partial charge in [-0.2, -0.15) is 4.98 Å². The Morgan fingerprint density at radius 2 is 2.21 bits per heavy atom. The molecule has 0 bridgehead atoms. The van der Waals surface area contributed by atoms with Crippen LogP contribution in [0, 0.1) is 0 Å². The summed E-state index contributed by atoms with van der Waals surface area (Å²) in [6.07, 6.45) is 1.70. The molecule has 0 aliphatic heterocycles. The Labute approximate surface area is 82.1 Å². The van der Waals surface area contributed by atoms with E-state index in [1.165, 1.54) is 0 Å². The molecule has 0 aliphatic rings. The van der Waals surface area contributed by atoms with Gasteiger partial charge in [-0.1, -0.05) is 6.92 Å². The average molecular weight is 191 g/mol. The number of pyridine rings is 1. The molecule has 2 atom stereocenters. The van der Waals surface area contributed by atoms with E-state index in [4.69, 9.17) is 10.2 Å². The Morgan fingerprint density at radius 1 is 1.43 bits per heavy atom. The van der Waals surface area contributed by atoms with Gasteiger partial charge in [-0.3, -0.25) is 0 Å². The van der Waals surface area contributed by atoms with E-state index in [0.717, 1.165) is 5.58 Å². The minimum absolute atomic E-state index is 0.0306. The van der Waals surface area contributed by atoms with Crippen LogP contribution in [0.4, 0.5) is 0 Å². The highest BCUT2D eigenvalue weighted by Gasteiger charge is 2.17. The molecule has 14 heavy (non-hydrogen) atoms. The highest BCUT2D eigenvalue weighted by molar-refractivity contribution is 5.66. The maximum atomic E-state index is 5.77. The molecule has 2 rings (SSSR count). The van der Waals surface area contributed by atoms with Gasteiger partial charge < -0.3 is 10.2 Å². The fourth-order valence-corrected chi connectivity index (χ4v) is 1.21. The van der Waals surface area contributed by atoms with Crippen molar-refractivity contribution in [2.75, 3.05) is 0 Å². The number of hydrogen-bond acceptors (Lipinski definition) is 4. The Kier molecular flexibility index (Phi) is 2.21. The summed E-state index contributed by atoms with van der Waals surface area (Å²) in [6.45, 7) is 3.93. The molecule has 2 unspecified atom stereocenters. The van der Waals surface area contributed by atoms with E-state index in [9.17, 15) is 0 Å². The number of hydrogen-bond donors (Lipinski definition) is 1. The molecule has 0 saturated carbocycles. The normalized spacial score (nSPS) is 15.6. The van der Waals surface area contributed by atoms with Crippen molar-refractivity contribution in [3.63, 3.8) is 0 Å². The molecule has 2 heterocycles. The minimum Gasteiger partial charge on any atom is -0.439 e. The molecule has 0 aliphatic carbocycles. The van der Waals surface area contributed by atoms with Crippen molar-refractivity contribution in [1.82, 2.24) is 9.97 Å². The first-order valence-electron chi connectivity index (χ1n) is 4.65. The number of nitrogens with zero attached hydrogens (tertiary/aromatic N) is 2. The quantitative estimate of drug-likeness (QED) is 0.784. The van der Waals surface area contributed by atoms with Crippen molar-refractivity contribution in [2.24, 2.45) is 5.73 Å². The lowest BCUT2D eigenvalue weighted by Gasteiger charge is -2.09. The molecular formula is C10H13N3O. The van der Waals surface area contributed by atoms with E-state index in [-0.39, 0.29) is 12.0 Å². The van der Waals surface area contributed by atoms with Crippen molar-refractivity contribution in [1.29, 1.82) is 0 Å². The average Bonchev–Trinajstić information content (AvgIpc) is 2.59. The molecule has 4 nitrogen and oxygen atoms in total. The number of aromatic nitrogens is 2. The summed E-state index contributed by atoms with van der Waals surface area (Å²) in [5, 5.41) is 0.